The van der Waals surface area contributed by atoms with E-state index in [1.54, 1.807) is 35.4 Å². The summed E-state index contributed by atoms with van der Waals surface area (Å²) in [5, 5.41) is 3.41. The van der Waals surface area contributed by atoms with Crippen LogP contribution in [0, 0.1) is 12.8 Å². The minimum atomic E-state index is -0.652. The highest BCUT2D eigenvalue weighted by molar-refractivity contribution is 6.31. The lowest BCUT2D eigenvalue weighted by atomic mass is 10.1. The number of carbonyl (C=O) groups is 2. The monoisotopic (exact) mass is 332 g/mol. The Bertz CT molecular complexity index is 727. The van der Waals surface area contributed by atoms with E-state index < -0.39 is 5.92 Å². The second-order valence-corrected chi connectivity index (χ2v) is 5.97. The number of anilines is 1. The number of benzene rings is 1. The lowest BCUT2D eigenvalue weighted by Crippen LogP contribution is -2.36. The van der Waals surface area contributed by atoms with Crippen molar-refractivity contribution in [2.75, 3.05) is 11.4 Å². The lowest BCUT2D eigenvalue weighted by Gasteiger charge is -2.17. The Hall–Kier alpha value is -2.27. The largest absolute Gasteiger partial charge is 0.467 e. The van der Waals surface area contributed by atoms with Crippen LogP contribution in [-0.4, -0.2) is 18.4 Å². The topological polar surface area (TPSA) is 62.6 Å². The molecule has 120 valence electrons. The van der Waals surface area contributed by atoms with Gasteiger partial charge in [0, 0.05) is 17.3 Å². The molecule has 1 saturated heterocycles. The maximum Gasteiger partial charge on any atom is 0.239 e. The molecule has 0 spiro atoms. The molecule has 2 heterocycles. The predicted octanol–water partition coefficient (Wildman–Crippen LogP) is 2.91. The summed E-state index contributed by atoms with van der Waals surface area (Å²) in [5.41, 5.74) is 1.68. The number of hydrogen-bond donors (Lipinski definition) is 1. The molecular weight excluding hydrogens is 316 g/mol. The first-order valence-electron chi connectivity index (χ1n) is 7.44. The molecule has 1 fully saturated rings. The van der Waals surface area contributed by atoms with E-state index in [-0.39, 0.29) is 18.4 Å². The molecule has 1 aliphatic rings. The molecule has 6 heteroatoms. The van der Waals surface area contributed by atoms with Gasteiger partial charge in [0.25, 0.3) is 0 Å². The summed E-state index contributed by atoms with van der Waals surface area (Å²) < 4.78 is 5.17. The maximum atomic E-state index is 12.5. The van der Waals surface area contributed by atoms with Crippen LogP contribution in [0.4, 0.5) is 5.69 Å². The number of nitrogens with zero attached hydrogens (tertiary/aromatic N) is 1. The first-order valence-corrected chi connectivity index (χ1v) is 7.81. The molecule has 0 bridgehead atoms. The van der Waals surface area contributed by atoms with Crippen LogP contribution in [-0.2, 0) is 16.1 Å². The van der Waals surface area contributed by atoms with Crippen LogP contribution in [0.2, 0.25) is 5.02 Å². The van der Waals surface area contributed by atoms with Gasteiger partial charge in [0.1, 0.15) is 11.7 Å². The molecule has 0 unspecified atom stereocenters. The van der Waals surface area contributed by atoms with Gasteiger partial charge in [-0.15, -0.1) is 0 Å². The SMILES string of the molecule is Cc1cc(N2CC[C@H](C(=O)NCc3ccco3)C2=O)ccc1Cl. The van der Waals surface area contributed by atoms with Gasteiger partial charge in [-0.1, -0.05) is 11.6 Å². The molecule has 1 atom stereocenters. The predicted molar refractivity (Wildman–Crippen MR) is 87.2 cm³/mol. The molecule has 23 heavy (non-hydrogen) atoms. The molecule has 2 aromatic rings. The highest BCUT2D eigenvalue weighted by Crippen LogP contribution is 2.28. The second-order valence-electron chi connectivity index (χ2n) is 5.56. The minimum Gasteiger partial charge on any atom is -0.467 e. The lowest BCUT2D eigenvalue weighted by molar-refractivity contribution is -0.132. The van der Waals surface area contributed by atoms with Gasteiger partial charge in [-0.3, -0.25) is 9.59 Å². The van der Waals surface area contributed by atoms with Gasteiger partial charge in [-0.05, 0) is 49.2 Å². The summed E-state index contributed by atoms with van der Waals surface area (Å²) in [7, 11) is 0. The maximum absolute atomic E-state index is 12.5. The van der Waals surface area contributed by atoms with Crippen LogP contribution in [0.1, 0.15) is 17.7 Å². The first kappa shape index (κ1) is 15.6. The van der Waals surface area contributed by atoms with Gasteiger partial charge in [0.2, 0.25) is 11.8 Å². The molecule has 0 radical (unpaired) electrons. The van der Waals surface area contributed by atoms with Gasteiger partial charge < -0.3 is 14.6 Å². The Morgan fingerprint density at radius 3 is 2.96 bits per heavy atom. The zero-order valence-corrected chi connectivity index (χ0v) is 13.5. The molecule has 1 aliphatic heterocycles. The highest BCUT2D eigenvalue weighted by atomic mass is 35.5. The zero-order valence-electron chi connectivity index (χ0n) is 12.7. The van der Waals surface area contributed by atoms with E-state index in [0.29, 0.717) is 23.7 Å². The van der Waals surface area contributed by atoms with Crippen molar-refractivity contribution in [3.63, 3.8) is 0 Å². The van der Waals surface area contributed by atoms with E-state index in [9.17, 15) is 9.59 Å². The number of hydrogen-bond acceptors (Lipinski definition) is 3. The summed E-state index contributed by atoms with van der Waals surface area (Å²) in [6.45, 7) is 2.70. The fraction of sp³-hybridized carbons (Fsp3) is 0.294. The van der Waals surface area contributed by atoms with E-state index in [1.165, 1.54) is 0 Å². The first-order chi connectivity index (χ1) is 11.1. The van der Waals surface area contributed by atoms with Crippen LogP contribution in [0.3, 0.4) is 0 Å². The van der Waals surface area contributed by atoms with Gasteiger partial charge in [0.15, 0.2) is 0 Å². The van der Waals surface area contributed by atoms with E-state index in [4.69, 9.17) is 16.0 Å². The molecule has 1 aromatic heterocycles. The average molecular weight is 333 g/mol. The van der Waals surface area contributed by atoms with Gasteiger partial charge in [-0.25, -0.2) is 0 Å². The minimum absolute atomic E-state index is 0.177. The Morgan fingerprint density at radius 1 is 1.43 bits per heavy atom. The third kappa shape index (κ3) is 3.24. The smallest absolute Gasteiger partial charge is 0.239 e. The molecular formula is C17H17ClN2O3. The summed E-state index contributed by atoms with van der Waals surface area (Å²) >= 11 is 6.02. The standard InChI is InChI=1S/C17H17ClN2O3/c1-11-9-12(4-5-15(11)18)20-7-6-14(17(20)22)16(21)19-10-13-3-2-8-23-13/h2-5,8-9,14H,6-7,10H2,1H3,(H,19,21)/t14-/m1/s1. The molecule has 1 aromatic carbocycles. The molecule has 3 rings (SSSR count). The van der Waals surface area contributed by atoms with Gasteiger partial charge >= 0.3 is 0 Å². The quantitative estimate of drug-likeness (QED) is 0.876. The van der Waals surface area contributed by atoms with Crippen molar-refractivity contribution in [2.24, 2.45) is 5.92 Å². The van der Waals surface area contributed by atoms with Crippen molar-refractivity contribution in [3.05, 3.63) is 52.9 Å². The Balaban J connectivity index is 1.66. The zero-order chi connectivity index (χ0) is 16.4. The fourth-order valence-electron chi connectivity index (χ4n) is 2.69. The van der Waals surface area contributed by atoms with Crippen molar-refractivity contribution in [1.29, 1.82) is 0 Å². The van der Waals surface area contributed by atoms with Gasteiger partial charge in [-0.2, -0.15) is 0 Å². The van der Waals surface area contributed by atoms with E-state index in [2.05, 4.69) is 5.32 Å². The van der Waals surface area contributed by atoms with E-state index in [0.717, 1.165) is 11.3 Å². The highest BCUT2D eigenvalue weighted by Gasteiger charge is 2.37. The van der Waals surface area contributed by atoms with E-state index >= 15 is 0 Å². The molecule has 2 amide bonds. The third-order valence-electron chi connectivity index (χ3n) is 3.99. The molecule has 5 nitrogen and oxygen atoms in total. The molecule has 0 saturated carbocycles. The average Bonchev–Trinajstić information content (AvgIpc) is 3.17. The summed E-state index contributed by atoms with van der Waals surface area (Å²) in [6, 6.07) is 8.97. The van der Waals surface area contributed by atoms with Gasteiger partial charge in [0.05, 0.1) is 12.8 Å². The van der Waals surface area contributed by atoms with Crippen LogP contribution in [0.15, 0.2) is 41.0 Å². The number of carbonyl (C=O) groups excluding carboxylic acids is 2. The van der Waals surface area contributed by atoms with Crippen LogP contribution in [0.25, 0.3) is 0 Å². The Labute approximate surface area is 139 Å². The van der Waals surface area contributed by atoms with Crippen molar-refractivity contribution in [1.82, 2.24) is 5.32 Å². The number of rotatable bonds is 4. The number of nitrogens with one attached hydrogen (secondary N) is 1. The fourth-order valence-corrected chi connectivity index (χ4v) is 2.80. The Kier molecular flexibility index (Phi) is 4.39. The molecule has 1 N–H and O–H groups in total. The van der Waals surface area contributed by atoms with Crippen molar-refractivity contribution in [2.45, 2.75) is 19.9 Å². The third-order valence-corrected chi connectivity index (χ3v) is 4.42. The van der Waals surface area contributed by atoms with E-state index in [1.807, 2.05) is 13.0 Å². The second kappa shape index (κ2) is 6.46. The summed E-state index contributed by atoms with van der Waals surface area (Å²) in [6.07, 6.45) is 2.05. The normalized spacial score (nSPS) is 17.6. The van der Waals surface area contributed by atoms with Crippen molar-refractivity contribution in [3.8, 4) is 0 Å². The number of halogens is 1. The van der Waals surface area contributed by atoms with Crippen LogP contribution in [0.5, 0.6) is 0 Å². The summed E-state index contributed by atoms with van der Waals surface area (Å²) in [5.74, 6) is -0.432. The summed E-state index contributed by atoms with van der Waals surface area (Å²) in [4.78, 5) is 26.4. The molecule has 0 aliphatic carbocycles. The van der Waals surface area contributed by atoms with Crippen molar-refractivity contribution >= 4 is 29.1 Å². The Morgan fingerprint density at radius 2 is 2.26 bits per heavy atom. The number of aryl methyl sites for hydroxylation is 1. The van der Waals surface area contributed by atoms with Crippen LogP contribution < -0.4 is 10.2 Å². The number of amides is 2. The number of furan rings is 1. The van der Waals surface area contributed by atoms with Crippen LogP contribution >= 0.6 is 11.6 Å². The van der Waals surface area contributed by atoms with Crippen molar-refractivity contribution < 1.29 is 14.0 Å².